The van der Waals surface area contributed by atoms with Crippen LogP contribution in [0.2, 0.25) is 0 Å². The Labute approximate surface area is 124 Å². The topological polar surface area (TPSA) is 88.9 Å². The molecule has 0 unspecified atom stereocenters. The molecule has 2 heterocycles. The Morgan fingerprint density at radius 1 is 1.33 bits per heavy atom. The van der Waals surface area contributed by atoms with E-state index in [4.69, 9.17) is 0 Å². The second-order valence-corrected chi connectivity index (χ2v) is 6.39. The number of hydrogen-bond acceptors (Lipinski definition) is 5. The van der Waals surface area contributed by atoms with E-state index in [2.05, 4.69) is 20.1 Å². The van der Waals surface area contributed by atoms with Gasteiger partial charge in [-0.2, -0.15) is 5.10 Å². The maximum atomic E-state index is 12.4. The second-order valence-electron chi connectivity index (χ2n) is 4.70. The maximum Gasteiger partial charge on any atom is 0.263 e. The smallest absolute Gasteiger partial charge is 0.263 e. The average Bonchev–Trinajstić information content (AvgIpc) is 2.74. The van der Waals surface area contributed by atoms with Crippen LogP contribution in [0.15, 0.2) is 29.3 Å². The first-order valence-electron chi connectivity index (χ1n) is 6.66. The fraction of sp³-hybridized carbons (Fsp3) is 0.385. The fourth-order valence-corrected chi connectivity index (χ4v) is 2.92. The predicted molar refractivity (Wildman–Crippen MR) is 81.8 cm³/mol. The molecule has 8 heteroatoms. The van der Waals surface area contributed by atoms with Crippen LogP contribution in [0.4, 0.5) is 11.6 Å². The zero-order chi connectivity index (χ0) is 15.5. The highest BCUT2D eigenvalue weighted by Gasteiger charge is 2.17. The molecular weight excluding hydrogens is 290 g/mol. The van der Waals surface area contributed by atoms with Gasteiger partial charge in [-0.1, -0.05) is 6.92 Å². The Kier molecular flexibility index (Phi) is 4.46. The van der Waals surface area contributed by atoms with E-state index in [9.17, 15) is 8.42 Å². The van der Waals surface area contributed by atoms with Crippen LogP contribution in [0.25, 0.3) is 0 Å². The minimum absolute atomic E-state index is 0.162. The molecular formula is C13H19N5O2S. The summed E-state index contributed by atoms with van der Waals surface area (Å²) >= 11 is 0. The van der Waals surface area contributed by atoms with Crippen molar-refractivity contribution >= 4 is 21.7 Å². The molecule has 2 aromatic heterocycles. The molecule has 2 rings (SSSR count). The summed E-state index contributed by atoms with van der Waals surface area (Å²) in [5.74, 6) is 0.966. The zero-order valence-corrected chi connectivity index (χ0v) is 13.1. The Balaban J connectivity index is 2.25. The summed E-state index contributed by atoms with van der Waals surface area (Å²) in [6, 6.07) is 4.65. The van der Waals surface area contributed by atoms with E-state index in [1.165, 1.54) is 23.0 Å². The highest BCUT2D eigenvalue weighted by molar-refractivity contribution is 7.92. The molecule has 2 N–H and O–H groups in total. The van der Waals surface area contributed by atoms with Crippen molar-refractivity contribution in [2.75, 3.05) is 16.6 Å². The number of aryl methyl sites for hydroxylation is 2. The van der Waals surface area contributed by atoms with Crippen LogP contribution in [0.3, 0.4) is 0 Å². The SMILES string of the molecule is CCCNc1cc(S(=O)(=O)Nc2cc(C)nn2C)ccn1. The normalized spacial score (nSPS) is 11.4. The highest BCUT2D eigenvalue weighted by atomic mass is 32.2. The molecule has 0 aromatic carbocycles. The monoisotopic (exact) mass is 309 g/mol. The number of pyridine rings is 1. The van der Waals surface area contributed by atoms with Crippen molar-refractivity contribution in [1.82, 2.24) is 14.8 Å². The van der Waals surface area contributed by atoms with Crippen LogP contribution in [-0.4, -0.2) is 29.7 Å². The number of aromatic nitrogens is 3. The van der Waals surface area contributed by atoms with Crippen LogP contribution >= 0.6 is 0 Å². The molecule has 7 nitrogen and oxygen atoms in total. The lowest BCUT2D eigenvalue weighted by Gasteiger charge is -2.09. The van der Waals surface area contributed by atoms with E-state index in [-0.39, 0.29) is 4.90 Å². The van der Waals surface area contributed by atoms with Crippen molar-refractivity contribution < 1.29 is 8.42 Å². The van der Waals surface area contributed by atoms with Gasteiger partial charge < -0.3 is 5.32 Å². The maximum absolute atomic E-state index is 12.4. The molecule has 0 saturated heterocycles. The molecule has 0 radical (unpaired) electrons. The summed E-state index contributed by atoms with van der Waals surface area (Å²) in [4.78, 5) is 4.26. The number of nitrogens with one attached hydrogen (secondary N) is 2. The van der Waals surface area contributed by atoms with E-state index in [1.54, 1.807) is 20.0 Å². The summed E-state index contributed by atoms with van der Waals surface area (Å²) in [5, 5.41) is 7.18. The summed E-state index contributed by atoms with van der Waals surface area (Å²) in [5.41, 5.74) is 0.746. The molecule has 21 heavy (non-hydrogen) atoms. The van der Waals surface area contributed by atoms with E-state index in [0.29, 0.717) is 11.6 Å². The van der Waals surface area contributed by atoms with E-state index in [1.807, 2.05) is 6.92 Å². The minimum Gasteiger partial charge on any atom is -0.370 e. The molecule has 2 aromatic rings. The third-order valence-corrected chi connectivity index (χ3v) is 4.19. The Morgan fingerprint density at radius 3 is 2.71 bits per heavy atom. The fourth-order valence-electron chi connectivity index (χ4n) is 1.83. The van der Waals surface area contributed by atoms with Crippen molar-refractivity contribution in [2.45, 2.75) is 25.2 Å². The predicted octanol–water partition coefficient (Wildman–Crippen LogP) is 1.75. The quantitative estimate of drug-likeness (QED) is 0.848. The van der Waals surface area contributed by atoms with Crippen LogP contribution in [-0.2, 0) is 17.1 Å². The van der Waals surface area contributed by atoms with Gasteiger partial charge in [0.15, 0.2) is 0 Å². The number of sulfonamides is 1. The second kappa shape index (κ2) is 6.13. The first kappa shape index (κ1) is 15.3. The first-order valence-corrected chi connectivity index (χ1v) is 8.14. The number of hydrogen-bond donors (Lipinski definition) is 2. The standard InChI is InChI=1S/C13H19N5O2S/c1-4-6-14-12-9-11(5-7-15-12)21(19,20)17-13-8-10(2)16-18(13)3/h5,7-9,17H,4,6H2,1-3H3,(H,14,15). The van der Waals surface area contributed by atoms with Crippen molar-refractivity contribution in [1.29, 1.82) is 0 Å². The van der Waals surface area contributed by atoms with Gasteiger partial charge in [-0.05, 0) is 19.4 Å². The zero-order valence-electron chi connectivity index (χ0n) is 12.3. The van der Waals surface area contributed by atoms with Gasteiger partial charge in [-0.15, -0.1) is 0 Å². The molecule has 0 fully saturated rings. The van der Waals surface area contributed by atoms with Gasteiger partial charge in [0.05, 0.1) is 10.6 Å². The number of nitrogens with zero attached hydrogens (tertiary/aromatic N) is 3. The lowest BCUT2D eigenvalue weighted by molar-refractivity contribution is 0.600. The molecule has 114 valence electrons. The van der Waals surface area contributed by atoms with Crippen LogP contribution in [0, 0.1) is 6.92 Å². The van der Waals surface area contributed by atoms with Gasteiger partial charge in [0.25, 0.3) is 10.0 Å². The first-order chi connectivity index (χ1) is 9.92. The lowest BCUT2D eigenvalue weighted by atomic mass is 10.4. The van der Waals surface area contributed by atoms with Crippen LogP contribution in [0.1, 0.15) is 19.0 Å². The van der Waals surface area contributed by atoms with Gasteiger partial charge in [-0.3, -0.25) is 9.40 Å². The van der Waals surface area contributed by atoms with Gasteiger partial charge in [0.2, 0.25) is 0 Å². The molecule has 0 spiro atoms. The van der Waals surface area contributed by atoms with Gasteiger partial charge in [-0.25, -0.2) is 13.4 Å². The molecule has 0 amide bonds. The van der Waals surface area contributed by atoms with Crippen molar-refractivity contribution in [3.8, 4) is 0 Å². The third-order valence-electron chi connectivity index (χ3n) is 2.84. The molecule has 0 aliphatic heterocycles. The largest absolute Gasteiger partial charge is 0.370 e. The van der Waals surface area contributed by atoms with Gasteiger partial charge in [0, 0.05) is 31.9 Å². The Hall–Kier alpha value is -2.09. The average molecular weight is 309 g/mol. The van der Waals surface area contributed by atoms with Crippen LogP contribution < -0.4 is 10.0 Å². The Morgan fingerprint density at radius 2 is 2.10 bits per heavy atom. The molecule has 0 aliphatic rings. The van der Waals surface area contributed by atoms with Crippen molar-refractivity contribution in [3.05, 3.63) is 30.1 Å². The lowest BCUT2D eigenvalue weighted by Crippen LogP contribution is -2.16. The number of rotatable bonds is 6. The highest BCUT2D eigenvalue weighted by Crippen LogP contribution is 2.18. The molecule has 0 bridgehead atoms. The summed E-state index contributed by atoms with van der Waals surface area (Å²) in [7, 11) is -1.97. The van der Waals surface area contributed by atoms with Gasteiger partial charge in [0.1, 0.15) is 11.6 Å². The summed E-state index contributed by atoms with van der Waals surface area (Å²) < 4.78 is 28.8. The van der Waals surface area contributed by atoms with Crippen molar-refractivity contribution in [2.24, 2.45) is 7.05 Å². The van der Waals surface area contributed by atoms with Crippen LogP contribution in [0.5, 0.6) is 0 Å². The van der Waals surface area contributed by atoms with Crippen molar-refractivity contribution in [3.63, 3.8) is 0 Å². The Bertz CT molecular complexity index is 724. The molecule has 0 saturated carbocycles. The number of anilines is 2. The molecule has 0 atom stereocenters. The minimum atomic E-state index is -3.66. The third kappa shape index (κ3) is 3.72. The summed E-state index contributed by atoms with van der Waals surface area (Å²) in [6.45, 7) is 4.57. The molecule has 0 aliphatic carbocycles. The van der Waals surface area contributed by atoms with E-state index in [0.717, 1.165) is 18.7 Å². The summed E-state index contributed by atoms with van der Waals surface area (Å²) in [6.07, 6.45) is 2.41. The van der Waals surface area contributed by atoms with E-state index < -0.39 is 10.0 Å². The van der Waals surface area contributed by atoms with Gasteiger partial charge >= 0.3 is 0 Å². The van der Waals surface area contributed by atoms with E-state index >= 15 is 0 Å².